The predicted octanol–water partition coefficient (Wildman–Crippen LogP) is 11.6. The van der Waals surface area contributed by atoms with Crippen LogP contribution in [0.3, 0.4) is 0 Å². The first kappa shape index (κ1) is 61.7. The van der Waals surface area contributed by atoms with Crippen LogP contribution >= 0.6 is 31.0 Å². The quantitative estimate of drug-likeness (QED) is 0.0504. The Kier molecular flexibility index (Phi) is 21.2. The van der Waals surface area contributed by atoms with Gasteiger partial charge < -0.3 is 29.1 Å². The van der Waals surface area contributed by atoms with E-state index in [4.69, 9.17) is 20.6 Å². The molecule has 7 rings (SSSR count). The molecule has 78 heavy (non-hydrogen) atoms. The largest absolute Gasteiger partial charge is 0.501 e. The number of hydrogen-bond acceptors (Lipinski definition) is 14. The summed E-state index contributed by atoms with van der Waals surface area (Å²) in [4.78, 5) is 21.4. The summed E-state index contributed by atoms with van der Waals surface area (Å²) in [6.45, 7) is 19.9. The van der Waals surface area contributed by atoms with E-state index in [9.17, 15) is 39.4 Å². The van der Waals surface area contributed by atoms with Crippen molar-refractivity contribution in [1.29, 1.82) is 0 Å². The Balaban J connectivity index is 0.985. The number of nitrogens with zero attached hydrogens (tertiary/aromatic N) is 4. The van der Waals surface area contributed by atoms with E-state index in [1.807, 2.05) is 74.9 Å². The lowest BCUT2D eigenvalue weighted by Gasteiger charge is -2.39. The number of nitrogens with one attached hydrogen (secondary N) is 2. The molecule has 1 amide bonds. The maximum absolute atomic E-state index is 14.4. The van der Waals surface area contributed by atoms with Crippen molar-refractivity contribution in [2.75, 3.05) is 94.1 Å². The van der Waals surface area contributed by atoms with Gasteiger partial charge in [-0.15, -0.1) is 11.8 Å². The highest BCUT2D eigenvalue weighted by molar-refractivity contribution is 7.99. The predicted molar refractivity (Wildman–Crippen MR) is 307 cm³/mol. The molecule has 22 heteroatoms. The van der Waals surface area contributed by atoms with Gasteiger partial charge in [-0.05, 0) is 150 Å². The van der Waals surface area contributed by atoms with Crippen LogP contribution in [0.15, 0.2) is 117 Å². The van der Waals surface area contributed by atoms with Crippen LogP contribution < -0.4 is 14.9 Å². The van der Waals surface area contributed by atoms with Crippen LogP contribution in [0.2, 0.25) is 5.02 Å². The van der Waals surface area contributed by atoms with Crippen LogP contribution in [0.4, 0.5) is 24.5 Å². The number of carbonyl (C=O) groups excluding carboxylic acids is 1. The lowest BCUT2D eigenvalue weighted by atomic mass is 9.73. The second-order valence-electron chi connectivity index (χ2n) is 21.7. The molecule has 1 aliphatic carbocycles. The van der Waals surface area contributed by atoms with Gasteiger partial charge in [-0.1, -0.05) is 61.4 Å². The summed E-state index contributed by atoms with van der Waals surface area (Å²) < 4.78 is 124. The maximum atomic E-state index is 14.4. The average molecular weight is 1180 g/mol. The normalized spacial score (nSPS) is 17.9. The van der Waals surface area contributed by atoms with Crippen LogP contribution in [-0.2, 0) is 33.5 Å². The Bertz CT molecular complexity index is 2940. The van der Waals surface area contributed by atoms with Crippen LogP contribution in [0.1, 0.15) is 89.6 Å². The molecule has 2 N–H and O–H groups in total. The first-order valence-electron chi connectivity index (χ1n) is 26.7. The number of alkyl halides is 3. The zero-order valence-electron chi connectivity index (χ0n) is 45.4. The Morgan fingerprint density at radius 2 is 1.40 bits per heavy atom. The van der Waals surface area contributed by atoms with Crippen molar-refractivity contribution >= 4 is 73.7 Å². The van der Waals surface area contributed by atoms with E-state index in [1.165, 1.54) is 40.6 Å². The van der Waals surface area contributed by atoms with Crippen molar-refractivity contribution in [3.8, 4) is 0 Å². The zero-order chi connectivity index (χ0) is 56.5. The number of sulfonamides is 1. The first-order chi connectivity index (χ1) is 36.8. The molecular weight excluding hydrogens is 1100 g/mol. The maximum Gasteiger partial charge on any atom is 0.501 e. The molecule has 4 aromatic rings. The summed E-state index contributed by atoms with van der Waals surface area (Å²) in [6, 6.07) is 25.7. The number of allylic oxidation sites excluding steroid dienone is 1. The fourth-order valence-electron chi connectivity index (χ4n) is 10.2. The number of carbonyl (C=O) groups is 1. The molecule has 2 saturated heterocycles. The Labute approximate surface area is 469 Å². The third-order valence-electron chi connectivity index (χ3n) is 14.2. The van der Waals surface area contributed by atoms with Gasteiger partial charge in [0.2, 0.25) is 0 Å². The fourth-order valence-corrected chi connectivity index (χ4v) is 15.4. The van der Waals surface area contributed by atoms with Crippen LogP contribution in [0, 0.1) is 5.41 Å². The second kappa shape index (κ2) is 26.8. The highest BCUT2D eigenvalue weighted by atomic mass is 35.5. The van der Waals surface area contributed by atoms with Crippen LogP contribution in [0.5, 0.6) is 0 Å². The highest BCUT2D eigenvalue weighted by Crippen LogP contribution is 2.51. The third kappa shape index (κ3) is 17.3. The van der Waals surface area contributed by atoms with Gasteiger partial charge in [0.1, 0.15) is 4.90 Å². The minimum atomic E-state index is -6.11. The van der Waals surface area contributed by atoms with E-state index in [2.05, 4.69) is 50.9 Å². The molecule has 1 atom stereocenters. The van der Waals surface area contributed by atoms with Crippen molar-refractivity contribution in [3.63, 3.8) is 0 Å². The van der Waals surface area contributed by atoms with E-state index in [1.54, 1.807) is 12.1 Å². The lowest BCUT2D eigenvalue weighted by Crippen LogP contribution is -2.47. The number of anilines is 2. The highest BCUT2D eigenvalue weighted by Gasteiger charge is 2.48. The summed E-state index contributed by atoms with van der Waals surface area (Å²) in [5.74, 6) is -0.702. The lowest BCUT2D eigenvalue weighted by molar-refractivity contribution is -0.0436. The number of halogens is 4. The van der Waals surface area contributed by atoms with Crippen LogP contribution in [0.25, 0.3) is 5.57 Å². The van der Waals surface area contributed by atoms with Crippen molar-refractivity contribution < 1.29 is 48.4 Å². The minimum absolute atomic E-state index is 0.0138. The summed E-state index contributed by atoms with van der Waals surface area (Å²) >= 11 is 7.65. The summed E-state index contributed by atoms with van der Waals surface area (Å²) in [6.07, 6.45) is 3.97. The summed E-state index contributed by atoms with van der Waals surface area (Å²) in [5, 5.41) is 3.75. The van der Waals surface area contributed by atoms with E-state index in [0.717, 1.165) is 87.8 Å². The number of amides is 1. The van der Waals surface area contributed by atoms with Crippen LogP contribution in [-0.4, -0.2) is 145 Å². The van der Waals surface area contributed by atoms with Crippen molar-refractivity contribution in [1.82, 2.24) is 19.4 Å². The molecule has 428 valence electrons. The van der Waals surface area contributed by atoms with Gasteiger partial charge in [0.05, 0.1) is 29.0 Å². The number of hydrogen-bond donors (Lipinski definition) is 2. The SMILES string of the molecule is CC(C)OP(=O)(CCCN1CCN(CCC(CSc2ccccc2)Nc2ccc(S(=O)(=O)NC(=O)c3ccc(N4CCN(CC5=C(c6ccc(Cl)cc6)CCC(C)(C)C5)CC4)cc3)cc2S(=O)(=O)C(F)(F)F)CC1)OC(C)C. The molecule has 0 spiro atoms. The molecule has 0 bridgehead atoms. The van der Waals surface area contributed by atoms with Crippen molar-refractivity contribution in [2.45, 2.75) is 112 Å². The number of piperazine rings is 2. The Morgan fingerprint density at radius 1 is 0.795 bits per heavy atom. The van der Waals surface area contributed by atoms with Gasteiger partial charge in [0.15, 0.2) is 0 Å². The van der Waals surface area contributed by atoms with Gasteiger partial charge in [0, 0.05) is 98.4 Å². The molecule has 0 saturated carbocycles. The van der Waals surface area contributed by atoms with Gasteiger partial charge >= 0.3 is 13.1 Å². The number of benzene rings is 4. The van der Waals surface area contributed by atoms with E-state index < -0.39 is 60.4 Å². The van der Waals surface area contributed by atoms with Crippen molar-refractivity contribution in [3.05, 3.63) is 119 Å². The third-order valence-corrected chi connectivity index (χ3v) is 20.8. The molecule has 14 nitrogen and oxygen atoms in total. The molecular formula is C56H75ClF3N6O8PS3. The van der Waals surface area contributed by atoms with Gasteiger partial charge in [-0.25, -0.2) is 21.6 Å². The molecule has 2 aliphatic heterocycles. The minimum Gasteiger partial charge on any atom is -0.380 e. The zero-order valence-corrected chi connectivity index (χ0v) is 49.5. The Morgan fingerprint density at radius 3 is 2.00 bits per heavy atom. The Hall–Kier alpha value is -3.95. The molecule has 1 unspecified atom stereocenters. The molecule has 0 radical (unpaired) electrons. The van der Waals surface area contributed by atoms with E-state index >= 15 is 0 Å². The second-order valence-corrected chi connectivity index (χ2v) is 28.9. The molecule has 4 aromatic carbocycles. The average Bonchev–Trinajstić information content (AvgIpc) is 3.42. The smallest absolute Gasteiger partial charge is 0.380 e. The molecule has 3 aliphatic rings. The number of thioether (sulfide) groups is 1. The molecule has 0 aromatic heterocycles. The number of rotatable bonds is 24. The molecule has 2 fully saturated rings. The van der Waals surface area contributed by atoms with Gasteiger partial charge in [0.25, 0.3) is 25.8 Å². The fraction of sp³-hybridized carbons (Fsp3) is 0.518. The summed E-state index contributed by atoms with van der Waals surface area (Å²) in [7, 11) is -14.3. The van der Waals surface area contributed by atoms with E-state index in [-0.39, 0.29) is 23.2 Å². The number of sulfone groups is 1. The van der Waals surface area contributed by atoms with Gasteiger partial charge in [-0.3, -0.25) is 14.3 Å². The van der Waals surface area contributed by atoms with E-state index in [0.29, 0.717) is 62.0 Å². The standard InChI is InChI=1S/C56H75ClF3N6O8PS3/c1-41(2)73-75(68,74-42(3)4)36-10-26-63-28-30-64(31-29-63)27-24-47(40-76-49-11-8-7-9-12-49)61-52-22-21-50(37-53(52)77(69,70)56(58,59)60)78(71,72)62-54(67)44-15-19-48(20-16-44)66-34-32-65(33-35-66)39-45-38-55(5,6)25-23-51(45)43-13-17-46(57)18-14-43/h7-9,11-22,37,41-42,47,61H,10,23-36,38-40H2,1-6H3,(H,62,67). The monoisotopic (exact) mass is 1180 g/mol. The molecule has 2 heterocycles. The van der Waals surface area contributed by atoms with Crippen molar-refractivity contribution in [2.24, 2.45) is 5.41 Å². The summed E-state index contributed by atoms with van der Waals surface area (Å²) in [5.41, 5.74) is -1.12. The topological polar surface area (TPSA) is 158 Å². The first-order valence-corrected chi connectivity index (χ1v) is 32.8. The van der Waals surface area contributed by atoms with Gasteiger partial charge in [-0.2, -0.15) is 13.2 Å².